The first-order valence-electron chi connectivity index (χ1n) is 23.5. The van der Waals surface area contributed by atoms with Gasteiger partial charge < -0.3 is 39.3 Å². The number of oxime groups is 1. The Morgan fingerprint density at radius 3 is 2.37 bits per heavy atom. The van der Waals surface area contributed by atoms with Crippen molar-refractivity contribution in [2.45, 2.75) is 94.5 Å². The van der Waals surface area contributed by atoms with E-state index in [1.165, 1.54) is 30.5 Å². The molecule has 0 spiro atoms. The van der Waals surface area contributed by atoms with Crippen LogP contribution in [0.25, 0.3) is 0 Å². The standard InChI is InChI=1S/C53H63N3O11S/c1-5-26-56(68(61,62)43-22-18-40(19-23-43)54-36(3)60)50-33-47(55-65-35-37-14-8-7-9-15-37)45-31-38(16-10-12-27-57)44(17-11-13-28-58)51-46-32-42(66-41-20-24-48(63-4)39(30-41)34-59)21-25-49(46)67-53(50,52(45)51)64-29-6-2/h6-9,14-15,18-25,30-32,34,38,44,50-52,57-58H,2,5,10-13,16-17,26-29,33,35H2,1,3-4H3,(H,54,60)/t38-,44+,50-,51+,52+,53+/m0/s1. The third-order valence-electron chi connectivity index (χ3n) is 13.0. The van der Waals surface area contributed by atoms with Gasteiger partial charge in [-0.2, -0.15) is 4.31 Å². The number of carbonyl (C=O) groups is 2. The molecule has 0 radical (unpaired) electrons. The Labute approximate surface area is 399 Å². The number of hydrogen-bond donors (Lipinski definition) is 3. The number of sulfonamides is 1. The fourth-order valence-electron chi connectivity index (χ4n) is 10.2. The van der Waals surface area contributed by atoms with E-state index in [-0.39, 0.29) is 67.9 Å². The van der Waals surface area contributed by atoms with Crippen LogP contribution < -0.4 is 19.5 Å². The topological polar surface area (TPSA) is 183 Å². The van der Waals surface area contributed by atoms with Crippen molar-refractivity contribution in [3.63, 3.8) is 0 Å². The molecule has 15 heteroatoms. The molecule has 362 valence electrons. The van der Waals surface area contributed by atoms with Gasteiger partial charge in [-0.1, -0.05) is 67.4 Å². The zero-order chi connectivity index (χ0) is 48.3. The van der Waals surface area contributed by atoms with Crippen LogP contribution >= 0.6 is 0 Å². The largest absolute Gasteiger partial charge is 0.496 e. The molecule has 14 nitrogen and oxygen atoms in total. The summed E-state index contributed by atoms with van der Waals surface area (Å²) in [5, 5.41) is 27.6. The van der Waals surface area contributed by atoms with E-state index in [9.17, 15) is 19.8 Å². The Morgan fingerprint density at radius 2 is 1.69 bits per heavy atom. The number of aldehydes is 1. The van der Waals surface area contributed by atoms with Gasteiger partial charge in [0.2, 0.25) is 21.7 Å². The molecule has 68 heavy (non-hydrogen) atoms. The maximum Gasteiger partial charge on any atom is 0.243 e. The van der Waals surface area contributed by atoms with Crippen LogP contribution in [-0.2, 0) is 31.0 Å². The number of allylic oxidation sites excluding steroid dienone is 1. The van der Waals surface area contributed by atoms with Gasteiger partial charge in [0.15, 0.2) is 6.29 Å². The minimum atomic E-state index is -4.30. The summed E-state index contributed by atoms with van der Waals surface area (Å²) in [5.41, 5.74) is 3.91. The normalized spacial score (nSPS) is 22.3. The van der Waals surface area contributed by atoms with E-state index < -0.39 is 27.8 Å². The first-order valence-corrected chi connectivity index (χ1v) is 24.9. The molecule has 2 aliphatic carbocycles. The van der Waals surface area contributed by atoms with Crippen LogP contribution in [0.15, 0.2) is 125 Å². The minimum Gasteiger partial charge on any atom is -0.496 e. The molecule has 6 atom stereocenters. The number of anilines is 1. The molecule has 4 aromatic carbocycles. The van der Waals surface area contributed by atoms with Gasteiger partial charge in [-0.25, -0.2) is 8.42 Å². The molecule has 1 aliphatic heterocycles. The summed E-state index contributed by atoms with van der Waals surface area (Å²) in [6, 6.07) is 25.4. The summed E-state index contributed by atoms with van der Waals surface area (Å²) in [5.74, 6) is -1.25. The number of ether oxygens (including phenoxy) is 4. The second-order valence-electron chi connectivity index (χ2n) is 17.5. The van der Waals surface area contributed by atoms with Crippen LogP contribution in [0.1, 0.15) is 92.6 Å². The third-order valence-corrected chi connectivity index (χ3v) is 15.0. The van der Waals surface area contributed by atoms with Crippen LogP contribution in [0.4, 0.5) is 5.69 Å². The smallest absolute Gasteiger partial charge is 0.243 e. The van der Waals surface area contributed by atoms with Gasteiger partial charge in [0, 0.05) is 50.3 Å². The van der Waals surface area contributed by atoms with Crippen LogP contribution in [0.5, 0.6) is 23.0 Å². The molecule has 0 unspecified atom stereocenters. The Kier molecular flexibility index (Phi) is 16.9. The van der Waals surface area contributed by atoms with Crippen LogP contribution in [0.2, 0.25) is 0 Å². The molecule has 3 N–H and O–H groups in total. The van der Waals surface area contributed by atoms with E-state index in [0.29, 0.717) is 78.4 Å². The zero-order valence-corrected chi connectivity index (χ0v) is 39.9. The molecule has 1 fully saturated rings. The summed E-state index contributed by atoms with van der Waals surface area (Å²) in [4.78, 5) is 30.1. The predicted octanol–water partition coefficient (Wildman–Crippen LogP) is 9.19. The summed E-state index contributed by atoms with van der Waals surface area (Å²) >= 11 is 0. The molecule has 0 aromatic heterocycles. The number of nitrogens with one attached hydrogen (secondary N) is 1. The lowest BCUT2D eigenvalue weighted by atomic mass is 9.55. The van der Waals surface area contributed by atoms with Crippen molar-refractivity contribution in [3.8, 4) is 23.0 Å². The maximum absolute atomic E-state index is 15.3. The average Bonchev–Trinajstić information content (AvgIpc) is 3.34. The molecular formula is C53H63N3O11S. The molecule has 4 aromatic rings. The van der Waals surface area contributed by atoms with Crippen LogP contribution in [0.3, 0.4) is 0 Å². The van der Waals surface area contributed by atoms with E-state index in [4.69, 9.17) is 28.9 Å². The van der Waals surface area contributed by atoms with E-state index in [1.807, 2.05) is 49.4 Å². The third kappa shape index (κ3) is 10.9. The van der Waals surface area contributed by atoms with Crippen LogP contribution in [-0.4, -0.2) is 86.1 Å². The summed E-state index contributed by atoms with van der Waals surface area (Å²) in [7, 11) is -2.81. The Hall–Kier alpha value is -5.84. The Bertz CT molecular complexity index is 2550. The number of fused-ring (bicyclic) bond motifs is 2. The summed E-state index contributed by atoms with van der Waals surface area (Å²) < 4.78 is 58.4. The van der Waals surface area contributed by atoms with Crippen molar-refractivity contribution in [1.29, 1.82) is 0 Å². The molecule has 1 amide bonds. The van der Waals surface area contributed by atoms with Gasteiger partial charge in [-0.15, -0.1) is 6.58 Å². The second kappa shape index (κ2) is 23.0. The fraction of sp³-hybridized carbons (Fsp3) is 0.415. The van der Waals surface area contributed by atoms with Gasteiger partial charge in [0.05, 0.1) is 41.8 Å². The molecule has 7 rings (SSSR count). The van der Waals surface area contributed by atoms with Gasteiger partial charge >= 0.3 is 0 Å². The van der Waals surface area contributed by atoms with E-state index >= 15 is 8.42 Å². The number of carbonyl (C=O) groups excluding carboxylic acids is 2. The highest BCUT2D eigenvalue weighted by Gasteiger charge is 2.66. The maximum atomic E-state index is 15.3. The van der Waals surface area contributed by atoms with Crippen molar-refractivity contribution < 1.29 is 52.0 Å². The highest BCUT2D eigenvalue weighted by Crippen LogP contribution is 2.62. The summed E-state index contributed by atoms with van der Waals surface area (Å²) in [6.45, 7) is 7.70. The van der Waals surface area contributed by atoms with Crippen molar-refractivity contribution in [1.82, 2.24) is 4.31 Å². The van der Waals surface area contributed by atoms with Gasteiger partial charge in [-0.3, -0.25) is 9.59 Å². The molecule has 1 saturated carbocycles. The summed E-state index contributed by atoms with van der Waals surface area (Å²) in [6.07, 6.45) is 9.24. The second-order valence-corrected chi connectivity index (χ2v) is 19.4. The molecule has 3 aliphatic rings. The quantitative estimate of drug-likeness (QED) is 0.0264. The number of amides is 1. The number of benzene rings is 4. The van der Waals surface area contributed by atoms with Crippen molar-refractivity contribution in [2.24, 2.45) is 22.9 Å². The average molecular weight is 950 g/mol. The first-order chi connectivity index (χ1) is 33.0. The highest BCUT2D eigenvalue weighted by atomic mass is 32.2. The highest BCUT2D eigenvalue weighted by molar-refractivity contribution is 7.89. The minimum absolute atomic E-state index is 0.0254. The van der Waals surface area contributed by atoms with E-state index in [0.717, 1.165) is 29.5 Å². The monoisotopic (exact) mass is 949 g/mol. The van der Waals surface area contributed by atoms with Gasteiger partial charge in [-0.05, 0) is 116 Å². The lowest BCUT2D eigenvalue weighted by molar-refractivity contribution is -0.251. The first kappa shape index (κ1) is 50.0. The number of hydrogen-bond acceptors (Lipinski definition) is 12. The van der Waals surface area contributed by atoms with E-state index in [1.54, 1.807) is 42.5 Å². The number of methoxy groups -OCH3 is 1. The van der Waals surface area contributed by atoms with E-state index in [2.05, 4.69) is 18.0 Å². The van der Waals surface area contributed by atoms with Crippen molar-refractivity contribution in [3.05, 3.63) is 132 Å². The Morgan fingerprint density at radius 1 is 0.971 bits per heavy atom. The number of aliphatic hydroxyl groups excluding tert-OH is 2. The molecule has 0 saturated heterocycles. The number of aliphatic hydroxyl groups is 2. The predicted molar refractivity (Wildman–Crippen MR) is 260 cm³/mol. The lowest BCUT2D eigenvalue weighted by Crippen LogP contribution is -2.70. The molecule has 0 bridgehead atoms. The molecular weight excluding hydrogens is 887 g/mol. The number of nitrogens with zero attached hydrogens (tertiary/aromatic N) is 2. The molecule has 1 heterocycles. The van der Waals surface area contributed by atoms with Crippen molar-refractivity contribution >= 4 is 33.6 Å². The lowest BCUT2D eigenvalue weighted by Gasteiger charge is -2.59. The van der Waals surface area contributed by atoms with Gasteiger partial charge in [0.25, 0.3) is 0 Å². The number of rotatable bonds is 24. The zero-order valence-electron chi connectivity index (χ0n) is 39.0. The van der Waals surface area contributed by atoms with Crippen LogP contribution in [0, 0.1) is 17.8 Å². The van der Waals surface area contributed by atoms with Gasteiger partial charge in [0.1, 0.15) is 29.6 Å². The SMILES string of the molecule is C=CCO[C@@]12Oc3ccc(Oc4ccc(OC)c(C=O)c4)cc3[C@H]3[C@H](CCCCO)[C@@H](CCCCO)C=C(C(=NOCc4ccccc4)C[C@@H]1N(CCC)S(=O)(=O)c1ccc(NC(C)=O)cc1)[C@H]32. The number of unbranched alkanes of at least 4 members (excludes halogenated alkanes) is 2. The van der Waals surface area contributed by atoms with Crippen molar-refractivity contribution in [2.75, 3.05) is 38.8 Å². The Balaban J connectivity index is 1.46. The fourth-order valence-corrected chi connectivity index (χ4v) is 11.9.